The lowest BCUT2D eigenvalue weighted by Gasteiger charge is -2.04. The van der Waals surface area contributed by atoms with Crippen molar-refractivity contribution in [3.8, 4) is 0 Å². The first-order valence-corrected chi connectivity index (χ1v) is 5.34. The first-order chi connectivity index (χ1) is 8.25. The van der Waals surface area contributed by atoms with Gasteiger partial charge in [0, 0.05) is 48.9 Å². The van der Waals surface area contributed by atoms with E-state index in [0.717, 1.165) is 11.1 Å². The molecule has 4 nitrogen and oxygen atoms in total. The van der Waals surface area contributed by atoms with Crippen LogP contribution in [0.1, 0.15) is 11.1 Å². The Kier molecular flexibility index (Phi) is 3.45. The quantitative estimate of drug-likeness (QED) is 0.857. The molecular weight excluding hydrogens is 214 g/mol. The number of nitrogens with zero attached hydrogens (tertiary/aromatic N) is 2. The number of aromatic nitrogens is 2. The van der Waals surface area contributed by atoms with Crippen LogP contribution in [-0.2, 0) is 17.6 Å². The van der Waals surface area contributed by atoms with E-state index in [1.807, 2.05) is 12.1 Å². The molecule has 0 aliphatic heterocycles. The van der Waals surface area contributed by atoms with Gasteiger partial charge in [0.05, 0.1) is 0 Å². The molecule has 2 rings (SSSR count). The number of hydrogen-bond donors (Lipinski definition) is 1. The molecule has 0 fully saturated rings. The van der Waals surface area contributed by atoms with Crippen LogP contribution in [0.3, 0.4) is 0 Å². The van der Waals surface area contributed by atoms with Crippen molar-refractivity contribution in [2.75, 3.05) is 5.73 Å². The zero-order valence-corrected chi connectivity index (χ0v) is 9.34. The van der Waals surface area contributed by atoms with Crippen LogP contribution in [0.4, 0.5) is 5.69 Å². The van der Waals surface area contributed by atoms with Crippen molar-refractivity contribution in [2.24, 2.45) is 0 Å². The van der Waals surface area contributed by atoms with Crippen LogP contribution in [0.2, 0.25) is 0 Å². The van der Waals surface area contributed by atoms with Crippen LogP contribution in [0.15, 0.2) is 43.0 Å². The molecule has 0 radical (unpaired) electrons. The number of ketones is 1. The van der Waals surface area contributed by atoms with Gasteiger partial charge in [-0.3, -0.25) is 14.8 Å². The van der Waals surface area contributed by atoms with Gasteiger partial charge in [-0.25, -0.2) is 0 Å². The number of carbonyl (C=O) groups is 1. The van der Waals surface area contributed by atoms with Gasteiger partial charge in [-0.05, 0) is 23.8 Å². The number of rotatable bonds is 4. The highest BCUT2D eigenvalue weighted by Gasteiger charge is 2.07. The molecule has 0 saturated heterocycles. The molecule has 0 amide bonds. The van der Waals surface area contributed by atoms with Crippen LogP contribution >= 0.6 is 0 Å². The van der Waals surface area contributed by atoms with Crippen molar-refractivity contribution in [2.45, 2.75) is 12.8 Å². The van der Waals surface area contributed by atoms with Gasteiger partial charge in [0.25, 0.3) is 0 Å². The Hall–Kier alpha value is -2.23. The Morgan fingerprint density at radius 1 is 1.06 bits per heavy atom. The summed E-state index contributed by atoms with van der Waals surface area (Å²) < 4.78 is 0. The van der Waals surface area contributed by atoms with E-state index in [2.05, 4.69) is 9.97 Å². The largest absolute Gasteiger partial charge is 0.398 e. The SMILES string of the molecule is Nc1ccncc1CC(=O)Cc1ccncc1. The number of carbonyl (C=O) groups excluding carboxylic acids is 1. The summed E-state index contributed by atoms with van der Waals surface area (Å²) in [4.78, 5) is 19.7. The predicted octanol–water partition coefficient (Wildman–Crippen LogP) is 1.41. The number of nitrogen functional groups attached to an aromatic ring is 1. The number of nitrogens with two attached hydrogens (primary N) is 1. The molecule has 86 valence electrons. The van der Waals surface area contributed by atoms with Crippen molar-refractivity contribution < 1.29 is 4.79 Å². The van der Waals surface area contributed by atoms with E-state index in [4.69, 9.17) is 5.73 Å². The Morgan fingerprint density at radius 3 is 2.47 bits per heavy atom. The smallest absolute Gasteiger partial charge is 0.141 e. The second kappa shape index (κ2) is 5.21. The van der Waals surface area contributed by atoms with E-state index >= 15 is 0 Å². The average molecular weight is 227 g/mol. The minimum Gasteiger partial charge on any atom is -0.398 e. The van der Waals surface area contributed by atoms with Gasteiger partial charge < -0.3 is 5.73 Å². The summed E-state index contributed by atoms with van der Waals surface area (Å²) in [7, 11) is 0. The van der Waals surface area contributed by atoms with Gasteiger partial charge in [-0.2, -0.15) is 0 Å². The summed E-state index contributed by atoms with van der Waals surface area (Å²) in [5.74, 6) is 0.121. The maximum Gasteiger partial charge on any atom is 0.141 e. The van der Waals surface area contributed by atoms with Crippen molar-refractivity contribution in [1.82, 2.24) is 9.97 Å². The van der Waals surface area contributed by atoms with Crippen LogP contribution < -0.4 is 5.73 Å². The van der Waals surface area contributed by atoms with Gasteiger partial charge >= 0.3 is 0 Å². The van der Waals surface area contributed by atoms with Gasteiger partial charge in [0.1, 0.15) is 5.78 Å². The van der Waals surface area contributed by atoms with Crippen molar-refractivity contribution in [3.63, 3.8) is 0 Å². The predicted molar refractivity (Wildman–Crippen MR) is 65.3 cm³/mol. The molecule has 0 bridgehead atoms. The van der Waals surface area contributed by atoms with Gasteiger partial charge in [-0.1, -0.05) is 0 Å². The molecule has 0 atom stereocenters. The second-order valence-electron chi connectivity index (χ2n) is 3.82. The first kappa shape index (κ1) is 11.3. The number of anilines is 1. The number of hydrogen-bond acceptors (Lipinski definition) is 4. The van der Waals surface area contributed by atoms with Gasteiger partial charge in [0.15, 0.2) is 0 Å². The summed E-state index contributed by atoms with van der Waals surface area (Å²) in [5.41, 5.74) is 8.12. The lowest BCUT2D eigenvalue weighted by atomic mass is 10.0. The van der Waals surface area contributed by atoms with Crippen molar-refractivity contribution >= 4 is 11.5 Å². The molecule has 0 unspecified atom stereocenters. The highest BCUT2D eigenvalue weighted by molar-refractivity contribution is 5.84. The molecule has 2 N–H and O–H groups in total. The summed E-state index contributed by atoms with van der Waals surface area (Å²) in [5, 5.41) is 0. The van der Waals surface area contributed by atoms with E-state index < -0.39 is 0 Å². The molecule has 0 aromatic carbocycles. The molecular formula is C13H13N3O. The summed E-state index contributed by atoms with van der Waals surface area (Å²) in [6.45, 7) is 0. The Balaban J connectivity index is 2.01. The van der Waals surface area contributed by atoms with Crippen molar-refractivity contribution in [3.05, 3.63) is 54.1 Å². The van der Waals surface area contributed by atoms with Crippen LogP contribution in [0, 0.1) is 0 Å². The molecule has 4 heteroatoms. The van der Waals surface area contributed by atoms with Crippen LogP contribution in [0.25, 0.3) is 0 Å². The molecule has 2 aromatic heterocycles. The fourth-order valence-electron chi connectivity index (χ4n) is 1.59. The molecule has 0 aliphatic rings. The van der Waals surface area contributed by atoms with Gasteiger partial charge in [-0.15, -0.1) is 0 Å². The number of pyridine rings is 2. The average Bonchev–Trinajstić information content (AvgIpc) is 2.33. The fourth-order valence-corrected chi connectivity index (χ4v) is 1.59. The van der Waals surface area contributed by atoms with Crippen molar-refractivity contribution in [1.29, 1.82) is 0 Å². The van der Waals surface area contributed by atoms with Gasteiger partial charge in [0.2, 0.25) is 0 Å². The summed E-state index contributed by atoms with van der Waals surface area (Å²) in [6, 6.07) is 5.38. The van der Waals surface area contributed by atoms with Crippen LogP contribution in [-0.4, -0.2) is 15.8 Å². The van der Waals surface area contributed by atoms with E-state index in [9.17, 15) is 4.79 Å². The monoisotopic (exact) mass is 227 g/mol. The second-order valence-corrected chi connectivity index (χ2v) is 3.82. The standard InChI is InChI=1S/C13H13N3O/c14-13-3-6-16-9-11(13)8-12(17)7-10-1-4-15-5-2-10/h1-6,9H,7-8H2,(H2,14,16). The third kappa shape index (κ3) is 3.11. The molecule has 0 saturated carbocycles. The molecule has 2 aromatic rings. The minimum atomic E-state index is 0.121. The Labute approximate surface area is 99.5 Å². The normalized spacial score (nSPS) is 10.1. The molecule has 2 heterocycles. The van der Waals surface area contributed by atoms with E-state index in [1.165, 1.54) is 0 Å². The number of Topliss-reactive ketones (excluding diaryl/α,β-unsaturated/α-hetero) is 1. The van der Waals surface area contributed by atoms with E-state index in [0.29, 0.717) is 18.5 Å². The maximum atomic E-state index is 11.8. The molecule has 0 aliphatic carbocycles. The molecule has 17 heavy (non-hydrogen) atoms. The third-order valence-electron chi connectivity index (χ3n) is 2.48. The summed E-state index contributed by atoms with van der Waals surface area (Å²) >= 11 is 0. The molecule has 0 spiro atoms. The maximum absolute atomic E-state index is 11.8. The lowest BCUT2D eigenvalue weighted by Crippen LogP contribution is -2.08. The Morgan fingerprint density at radius 2 is 1.76 bits per heavy atom. The Bertz CT molecular complexity index is 511. The minimum absolute atomic E-state index is 0.121. The van der Waals surface area contributed by atoms with E-state index in [-0.39, 0.29) is 5.78 Å². The third-order valence-corrected chi connectivity index (χ3v) is 2.48. The topological polar surface area (TPSA) is 68.9 Å². The summed E-state index contributed by atoms with van der Waals surface area (Å²) in [6.07, 6.45) is 7.34. The highest BCUT2D eigenvalue weighted by atomic mass is 16.1. The fraction of sp³-hybridized carbons (Fsp3) is 0.154. The first-order valence-electron chi connectivity index (χ1n) is 5.34. The van der Waals surface area contributed by atoms with Crippen LogP contribution in [0.5, 0.6) is 0 Å². The van der Waals surface area contributed by atoms with E-state index in [1.54, 1.807) is 30.9 Å². The zero-order valence-electron chi connectivity index (χ0n) is 9.34. The zero-order chi connectivity index (χ0) is 12.1. The lowest BCUT2D eigenvalue weighted by molar-refractivity contribution is -0.117. The highest BCUT2D eigenvalue weighted by Crippen LogP contribution is 2.11.